The zero-order valence-electron chi connectivity index (χ0n) is 11.2. The molecule has 3 heterocycles. The number of carbonyl (C=O) groups is 2. The number of benzene rings is 1. The van der Waals surface area contributed by atoms with Crippen molar-refractivity contribution in [2.45, 2.75) is 11.7 Å². The molecule has 0 saturated carbocycles. The second kappa shape index (κ2) is 4.30. The van der Waals surface area contributed by atoms with Crippen LogP contribution in [0.1, 0.15) is 0 Å². The lowest BCUT2D eigenvalue weighted by Crippen LogP contribution is -2.39. The predicted molar refractivity (Wildman–Crippen MR) is 75.1 cm³/mol. The summed E-state index contributed by atoms with van der Waals surface area (Å²) < 4.78 is 19.1. The van der Waals surface area contributed by atoms with E-state index in [-0.39, 0.29) is 17.5 Å². The Morgan fingerprint density at radius 3 is 2.95 bits per heavy atom. The fourth-order valence-electron chi connectivity index (χ4n) is 3.65. The summed E-state index contributed by atoms with van der Waals surface area (Å²) in [6.07, 6.45) is 2.90. The van der Waals surface area contributed by atoms with E-state index >= 15 is 0 Å². The lowest BCUT2D eigenvalue weighted by atomic mass is 9.77. The fourth-order valence-corrected chi connectivity index (χ4v) is 3.83. The quantitative estimate of drug-likeness (QED) is 0.844. The number of amides is 1. The smallest absolute Gasteiger partial charge is 0.310 e. The van der Waals surface area contributed by atoms with Gasteiger partial charge in [-0.3, -0.25) is 9.59 Å². The summed E-state index contributed by atoms with van der Waals surface area (Å²) >= 11 is 5.76. The van der Waals surface area contributed by atoms with Crippen LogP contribution in [0, 0.1) is 17.7 Å². The number of fused-ring (bicyclic) bond motifs is 1. The summed E-state index contributed by atoms with van der Waals surface area (Å²) in [7, 11) is 0. The van der Waals surface area contributed by atoms with Gasteiger partial charge < -0.3 is 14.7 Å². The summed E-state index contributed by atoms with van der Waals surface area (Å²) in [6.45, 7) is 0.204. The normalized spacial score (nSPS) is 35.3. The Morgan fingerprint density at radius 2 is 2.27 bits per heavy atom. The number of rotatable bonds is 2. The molecule has 114 valence electrons. The molecule has 4 atom stereocenters. The minimum absolute atomic E-state index is 0.0876. The van der Waals surface area contributed by atoms with Crippen molar-refractivity contribution >= 4 is 29.2 Å². The van der Waals surface area contributed by atoms with Gasteiger partial charge in [0.25, 0.3) is 0 Å². The van der Waals surface area contributed by atoms with Gasteiger partial charge in [-0.1, -0.05) is 23.8 Å². The van der Waals surface area contributed by atoms with E-state index in [1.165, 1.54) is 23.1 Å². The molecule has 2 saturated heterocycles. The lowest BCUT2D eigenvalue weighted by Gasteiger charge is -2.21. The first-order valence-electron chi connectivity index (χ1n) is 6.79. The van der Waals surface area contributed by atoms with Crippen molar-refractivity contribution in [1.29, 1.82) is 0 Å². The highest BCUT2D eigenvalue weighted by Crippen LogP contribution is 2.52. The van der Waals surface area contributed by atoms with Gasteiger partial charge in [-0.05, 0) is 18.2 Å². The molecule has 5 nitrogen and oxygen atoms in total. The van der Waals surface area contributed by atoms with Gasteiger partial charge in [0.15, 0.2) is 0 Å². The number of carbonyl (C=O) groups excluding carboxylic acids is 1. The summed E-state index contributed by atoms with van der Waals surface area (Å²) in [4.78, 5) is 25.6. The Morgan fingerprint density at radius 1 is 1.50 bits per heavy atom. The number of anilines is 1. The molecule has 0 aliphatic carbocycles. The maximum absolute atomic E-state index is 13.3. The average molecular weight is 324 g/mol. The van der Waals surface area contributed by atoms with Gasteiger partial charge in [0.05, 0.1) is 23.6 Å². The van der Waals surface area contributed by atoms with Gasteiger partial charge >= 0.3 is 5.97 Å². The summed E-state index contributed by atoms with van der Waals surface area (Å²) in [6, 6.07) is 3.99. The molecule has 4 unspecified atom stereocenters. The minimum atomic E-state index is -1.05. The zero-order valence-corrected chi connectivity index (χ0v) is 12.0. The van der Waals surface area contributed by atoms with Crippen LogP contribution in [-0.2, 0) is 14.3 Å². The Labute approximate surface area is 129 Å². The van der Waals surface area contributed by atoms with Crippen LogP contribution in [0.15, 0.2) is 30.4 Å². The third-order valence-electron chi connectivity index (χ3n) is 4.60. The van der Waals surface area contributed by atoms with Crippen LogP contribution in [0.3, 0.4) is 0 Å². The Hall–Kier alpha value is -1.92. The number of ether oxygens (including phenoxy) is 1. The molecule has 0 radical (unpaired) electrons. The predicted octanol–water partition coefficient (Wildman–Crippen LogP) is 1.85. The third-order valence-corrected chi connectivity index (χ3v) is 4.89. The van der Waals surface area contributed by atoms with Gasteiger partial charge in [-0.15, -0.1) is 0 Å². The molecular formula is C15H11ClFNO4. The van der Waals surface area contributed by atoms with E-state index in [2.05, 4.69) is 0 Å². The number of aliphatic carboxylic acids is 1. The zero-order chi connectivity index (χ0) is 15.6. The number of carboxylic acids is 1. The molecular weight excluding hydrogens is 313 g/mol. The Bertz CT molecular complexity index is 736. The van der Waals surface area contributed by atoms with Crippen molar-refractivity contribution < 1.29 is 23.8 Å². The van der Waals surface area contributed by atoms with Crippen molar-refractivity contribution in [3.05, 3.63) is 41.2 Å². The van der Waals surface area contributed by atoms with Gasteiger partial charge in [0, 0.05) is 5.69 Å². The van der Waals surface area contributed by atoms with E-state index < -0.39 is 35.3 Å². The number of carboxylic acid groups (broad SMARTS) is 1. The summed E-state index contributed by atoms with van der Waals surface area (Å²) in [5, 5.41) is 9.29. The molecule has 0 aromatic heterocycles. The van der Waals surface area contributed by atoms with Crippen LogP contribution in [0.2, 0.25) is 5.02 Å². The van der Waals surface area contributed by atoms with Crippen LogP contribution < -0.4 is 4.90 Å². The highest BCUT2D eigenvalue weighted by atomic mass is 35.5. The van der Waals surface area contributed by atoms with E-state index in [1.807, 2.05) is 0 Å². The molecule has 2 bridgehead atoms. The number of halogens is 2. The average Bonchev–Trinajstić information content (AvgIpc) is 3.10. The Balaban J connectivity index is 1.74. The lowest BCUT2D eigenvalue weighted by molar-refractivity contribution is -0.146. The Kier molecular flexibility index (Phi) is 2.68. The van der Waals surface area contributed by atoms with Gasteiger partial charge in [-0.25, -0.2) is 4.39 Å². The van der Waals surface area contributed by atoms with E-state index in [0.29, 0.717) is 5.69 Å². The summed E-state index contributed by atoms with van der Waals surface area (Å²) in [5.41, 5.74) is -0.476. The molecule has 22 heavy (non-hydrogen) atoms. The van der Waals surface area contributed by atoms with E-state index in [9.17, 15) is 19.1 Å². The van der Waals surface area contributed by atoms with Crippen molar-refractivity contribution in [1.82, 2.24) is 0 Å². The van der Waals surface area contributed by atoms with Crippen molar-refractivity contribution in [3.8, 4) is 0 Å². The SMILES string of the molecule is O=C(O)C1C2C=CC3(CN(c4ccc(F)c(Cl)c4)C(=O)C13)O2. The first-order valence-corrected chi connectivity index (χ1v) is 7.17. The van der Waals surface area contributed by atoms with E-state index in [0.717, 1.165) is 0 Å². The minimum Gasteiger partial charge on any atom is -0.481 e. The van der Waals surface area contributed by atoms with Crippen LogP contribution >= 0.6 is 11.6 Å². The maximum Gasteiger partial charge on any atom is 0.310 e. The van der Waals surface area contributed by atoms with Gasteiger partial charge in [0.1, 0.15) is 17.3 Å². The first kappa shape index (κ1) is 13.7. The van der Waals surface area contributed by atoms with Gasteiger partial charge in [0.2, 0.25) is 5.91 Å². The van der Waals surface area contributed by atoms with Crippen molar-refractivity contribution in [2.75, 3.05) is 11.4 Å². The maximum atomic E-state index is 13.3. The molecule has 4 rings (SSSR count). The topological polar surface area (TPSA) is 66.8 Å². The standard InChI is InChI=1S/C15H11ClFNO4/c16-8-5-7(1-2-9(8)17)18-6-15-4-3-10(22-15)11(14(20)21)12(15)13(18)19/h1-5,10-12H,6H2,(H,20,21). The summed E-state index contributed by atoms with van der Waals surface area (Å²) in [5.74, 6) is -3.60. The van der Waals surface area contributed by atoms with Crippen LogP contribution in [0.4, 0.5) is 10.1 Å². The largest absolute Gasteiger partial charge is 0.481 e. The molecule has 1 N–H and O–H groups in total. The van der Waals surface area contributed by atoms with Crippen LogP contribution in [0.25, 0.3) is 0 Å². The van der Waals surface area contributed by atoms with E-state index in [4.69, 9.17) is 16.3 Å². The van der Waals surface area contributed by atoms with E-state index in [1.54, 1.807) is 12.2 Å². The third kappa shape index (κ3) is 1.62. The molecule has 1 aromatic rings. The second-order valence-corrected chi connectivity index (χ2v) is 6.17. The van der Waals surface area contributed by atoms with Crippen LogP contribution in [-0.4, -0.2) is 35.2 Å². The highest BCUT2D eigenvalue weighted by molar-refractivity contribution is 6.31. The molecule has 3 aliphatic heterocycles. The highest BCUT2D eigenvalue weighted by Gasteiger charge is 2.67. The molecule has 1 spiro atoms. The second-order valence-electron chi connectivity index (χ2n) is 5.76. The monoisotopic (exact) mass is 323 g/mol. The van der Waals surface area contributed by atoms with Gasteiger partial charge in [-0.2, -0.15) is 0 Å². The fraction of sp³-hybridized carbons (Fsp3) is 0.333. The number of hydrogen-bond donors (Lipinski definition) is 1. The first-order chi connectivity index (χ1) is 10.4. The number of nitrogens with zero attached hydrogens (tertiary/aromatic N) is 1. The number of hydrogen-bond acceptors (Lipinski definition) is 3. The molecule has 1 aromatic carbocycles. The van der Waals surface area contributed by atoms with Crippen LogP contribution in [0.5, 0.6) is 0 Å². The molecule has 2 fully saturated rings. The van der Waals surface area contributed by atoms with Crippen molar-refractivity contribution in [2.24, 2.45) is 11.8 Å². The van der Waals surface area contributed by atoms with Crippen molar-refractivity contribution in [3.63, 3.8) is 0 Å². The molecule has 3 aliphatic rings. The molecule has 1 amide bonds. The molecule has 7 heteroatoms.